The van der Waals surface area contributed by atoms with Gasteiger partial charge in [0.05, 0.1) is 16.5 Å². The molecule has 8 heteroatoms. The standard InChI is InChI=1S/C31H33N3O5/c1-30(2,3)34(29(37)38)31(16-9-17-31)21-14-12-20(13-15-21)25-23(19-10-7-6-8-11-19)24-26(39-25)22(27(35)32-4)18-33(5)28(24)36/h6-8,10-15,18H,9,16-17H2,1-5H3,(H,32,35)(H,37,38). The molecule has 0 spiro atoms. The third-order valence-corrected chi connectivity index (χ3v) is 7.70. The fourth-order valence-corrected chi connectivity index (χ4v) is 5.89. The van der Waals surface area contributed by atoms with E-state index in [1.807, 2.05) is 75.4 Å². The predicted octanol–water partition coefficient (Wildman–Crippen LogP) is 5.98. The van der Waals surface area contributed by atoms with Crippen LogP contribution >= 0.6 is 0 Å². The molecule has 2 N–H and O–H groups in total. The second kappa shape index (κ2) is 9.45. The number of carbonyl (C=O) groups excluding carboxylic acids is 1. The van der Waals surface area contributed by atoms with Crippen LogP contribution < -0.4 is 10.9 Å². The fourth-order valence-electron chi connectivity index (χ4n) is 5.89. The van der Waals surface area contributed by atoms with E-state index in [1.54, 1.807) is 11.9 Å². The number of carbonyl (C=O) groups is 2. The number of benzene rings is 2. The van der Waals surface area contributed by atoms with Gasteiger partial charge in [0.15, 0.2) is 5.58 Å². The Bertz CT molecular complexity index is 1620. The van der Waals surface area contributed by atoms with Crippen molar-refractivity contribution >= 4 is 23.0 Å². The zero-order chi connectivity index (χ0) is 28.1. The summed E-state index contributed by atoms with van der Waals surface area (Å²) in [5, 5.41) is 13.1. The van der Waals surface area contributed by atoms with Crippen LogP contribution in [0.1, 0.15) is 56.0 Å². The smallest absolute Gasteiger partial charge is 0.408 e. The van der Waals surface area contributed by atoms with Gasteiger partial charge in [0, 0.05) is 37.0 Å². The number of aromatic nitrogens is 1. The van der Waals surface area contributed by atoms with Crippen molar-refractivity contribution in [3.8, 4) is 22.5 Å². The van der Waals surface area contributed by atoms with Crippen LogP contribution in [0.4, 0.5) is 4.79 Å². The van der Waals surface area contributed by atoms with Gasteiger partial charge < -0.3 is 19.4 Å². The summed E-state index contributed by atoms with van der Waals surface area (Å²) < 4.78 is 7.75. The second-order valence-corrected chi connectivity index (χ2v) is 11.2. The van der Waals surface area contributed by atoms with E-state index in [0.717, 1.165) is 36.0 Å². The SMILES string of the molecule is CNC(=O)c1cn(C)c(=O)c2c(-c3ccccc3)c(-c3ccc(C4(N(C(=O)O)C(C)(C)C)CCC4)cc3)oc12. The summed E-state index contributed by atoms with van der Waals surface area (Å²) in [6.07, 6.45) is 3.01. The monoisotopic (exact) mass is 527 g/mol. The lowest BCUT2D eigenvalue weighted by Crippen LogP contribution is -2.60. The molecule has 2 aromatic carbocycles. The number of nitrogens with one attached hydrogen (secondary N) is 1. The Kier molecular flexibility index (Phi) is 6.37. The van der Waals surface area contributed by atoms with Gasteiger partial charge in [-0.1, -0.05) is 54.6 Å². The van der Waals surface area contributed by atoms with E-state index in [4.69, 9.17) is 4.42 Å². The fraction of sp³-hybridized carbons (Fsp3) is 0.323. The lowest BCUT2D eigenvalue weighted by atomic mass is 9.69. The molecule has 0 atom stereocenters. The Hall–Kier alpha value is -4.33. The summed E-state index contributed by atoms with van der Waals surface area (Å²) in [6, 6.07) is 17.2. The van der Waals surface area contributed by atoms with Gasteiger partial charge >= 0.3 is 6.09 Å². The highest BCUT2D eigenvalue weighted by Gasteiger charge is 2.50. The van der Waals surface area contributed by atoms with E-state index in [2.05, 4.69) is 5.32 Å². The molecule has 0 unspecified atom stereocenters. The molecule has 0 bridgehead atoms. The molecule has 2 aromatic heterocycles. The average molecular weight is 528 g/mol. The van der Waals surface area contributed by atoms with E-state index in [-0.39, 0.29) is 22.6 Å². The molecular weight excluding hydrogens is 494 g/mol. The molecule has 0 saturated heterocycles. The van der Waals surface area contributed by atoms with Crippen molar-refractivity contribution in [3.05, 3.63) is 82.3 Å². The first-order valence-electron chi connectivity index (χ1n) is 13.1. The summed E-state index contributed by atoms with van der Waals surface area (Å²) in [6.45, 7) is 5.75. The normalized spacial score (nSPS) is 14.6. The van der Waals surface area contributed by atoms with E-state index >= 15 is 0 Å². The summed E-state index contributed by atoms with van der Waals surface area (Å²) >= 11 is 0. The van der Waals surface area contributed by atoms with Crippen LogP contribution in [0.25, 0.3) is 33.4 Å². The molecule has 1 fully saturated rings. The Morgan fingerprint density at radius 1 is 1.03 bits per heavy atom. The van der Waals surface area contributed by atoms with Gasteiger partial charge in [-0.2, -0.15) is 0 Å². The summed E-state index contributed by atoms with van der Waals surface area (Å²) in [5.41, 5.74) is 2.13. The number of amides is 2. The lowest BCUT2D eigenvalue weighted by Gasteiger charge is -2.54. The minimum Gasteiger partial charge on any atom is -0.465 e. The van der Waals surface area contributed by atoms with Crippen LogP contribution in [-0.2, 0) is 12.6 Å². The van der Waals surface area contributed by atoms with Crippen molar-refractivity contribution in [2.75, 3.05) is 7.05 Å². The summed E-state index contributed by atoms with van der Waals surface area (Å²) in [7, 11) is 3.15. The molecule has 1 aliphatic carbocycles. The van der Waals surface area contributed by atoms with E-state index in [0.29, 0.717) is 16.7 Å². The van der Waals surface area contributed by atoms with Crippen LogP contribution in [0.2, 0.25) is 0 Å². The van der Waals surface area contributed by atoms with Gasteiger partial charge in [-0.15, -0.1) is 0 Å². The third kappa shape index (κ3) is 4.20. The number of carboxylic acid groups (broad SMARTS) is 1. The van der Waals surface area contributed by atoms with Gasteiger partial charge in [0.2, 0.25) is 0 Å². The molecular formula is C31H33N3O5. The Balaban J connectivity index is 1.72. The first-order valence-corrected chi connectivity index (χ1v) is 13.1. The van der Waals surface area contributed by atoms with Crippen LogP contribution in [0.3, 0.4) is 0 Å². The van der Waals surface area contributed by atoms with E-state index in [9.17, 15) is 19.5 Å². The number of hydrogen-bond donors (Lipinski definition) is 2. The van der Waals surface area contributed by atoms with Crippen molar-refractivity contribution in [2.24, 2.45) is 7.05 Å². The van der Waals surface area contributed by atoms with Crippen molar-refractivity contribution in [1.29, 1.82) is 0 Å². The summed E-state index contributed by atoms with van der Waals surface area (Å²) in [5.74, 6) is 0.124. The average Bonchev–Trinajstić information content (AvgIpc) is 3.28. The minimum atomic E-state index is -0.938. The number of aryl methyl sites for hydroxylation is 1. The Labute approximate surface area is 226 Å². The van der Waals surface area contributed by atoms with Gasteiger partial charge in [0.1, 0.15) is 5.76 Å². The zero-order valence-electron chi connectivity index (χ0n) is 22.9. The van der Waals surface area contributed by atoms with Gasteiger partial charge in [0.25, 0.3) is 11.5 Å². The largest absolute Gasteiger partial charge is 0.465 e. The number of rotatable bonds is 5. The second-order valence-electron chi connectivity index (χ2n) is 11.2. The van der Waals surface area contributed by atoms with Gasteiger partial charge in [-0.25, -0.2) is 4.79 Å². The zero-order valence-corrected chi connectivity index (χ0v) is 22.9. The van der Waals surface area contributed by atoms with Gasteiger partial charge in [-0.05, 0) is 51.2 Å². The molecule has 2 heterocycles. The predicted molar refractivity (Wildman–Crippen MR) is 151 cm³/mol. The van der Waals surface area contributed by atoms with E-state index in [1.165, 1.54) is 17.8 Å². The Morgan fingerprint density at radius 2 is 1.67 bits per heavy atom. The maximum atomic E-state index is 13.4. The lowest BCUT2D eigenvalue weighted by molar-refractivity contribution is -0.0328. The Morgan fingerprint density at radius 3 is 2.18 bits per heavy atom. The molecule has 0 radical (unpaired) electrons. The molecule has 5 rings (SSSR count). The van der Waals surface area contributed by atoms with Crippen LogP contribution in [0.15, 0.2) is 70.0 Å². The molecule has 39 heavy (non-hydrogen) atoms. The highest BCUT2D eigenvalue weighted by molar-refractivity contribution is 6.10. The molecule has 202 valence electrons. The van der Waals surface area contributed by atoms with Crippen LogP contribution in [0, 0.1) is 0 Å². The molecule has 2 amide bonds. The number of hydrogen-bond acceptors (Lipinski definition) is 4. The maximum Gasteiger partial charge on any atom is 0.408 e. The third-order valence-electron chi connectivity index (χ3n) is 7.70. The number of nitrogens with zero attached hydrogens (tertiary/aromatic N) is 2. The number of fused-ring (bicyclic) bond motifs is 1. The maximum absolute atomic E-state index is 13.4. The summed E-state index contributed by atoms with van der Waals surface area (Å²) in [4.78, 5) is 40.1. The molecule has 1 saturated carbocycles. The van der Waals surface area contributed by atoms with Crippen LogP contribution in [-0.4, -0.2) is 39.2 Å². The van der Waals surface area contributed by atoms with Crippen molar-refractivity contribution in [2.45, 2.75) is 51.1 Å². The number of furan rings is 1. The van der Waals surface area contributed by atoms with Gasteiger partial charge in [-0.3, -0.25) is 14.5 Å². The van der Waals surface area contributed by atoms with Crippen molar-refractivity contribution in [3.63, 3.8) is 0 Å². The molecule has 8 nitrogen and oxygen atoms in total. The molecule has 0 aliphatic heterocycles. The quantitative estimate of drug-likeness (QED) is 0.332. The highest BCUT2D eigenvalue weighted by Crippen LogP contribution is 2.50. The van der Waals surface area contributed by atoms with E-state index < -0.39 is 17.2 Å². The molecule has 1 aliphatic rings. The number of pyridine rings is 1. The van der Waals surface area contributed by atoms with Crippen molar-refractivity contribution < 1.29 is 19.1 Å². The first-order chi connectivity index (χ1) is 18.5. The first kappa shape index (κ1) is 26.3. The highest BCUT2D eigenvalue weighted by atomic mass is 16.4. The minimum absolute atomic E-state index is 0.232. The topological polar surface area (TPSA) is 105 Å². The molecule has 4 aromatic rings. The van der Waals surface area contributed by atoms with Crippen LogP contribution in [0.5, 0.6) is 0 Å². The van der Waals surface area contributed by atoms with Crippen molar-refractivity contribution in [1.82, 2.24) is 14.8 Å².